The van der Waals surface area contributed by atoms with Crippen LogP contribution in [-0.4, -0.2) is 42.0 Å². The second kappa shape index (κ2) is 7.66. The number of rotatable bonds is 3. The number of nitrogens with one attached hydrogen (secondary N) is 1. The van der Waals surface area contributed by atoms with E-state index in [1.54, 1.807) is 29.2 Å². The monoisotopic (exact) mass is 356 g/mol. The van der Waals surface area contributed by atoms with E-state index in [2.05, 4.69) is 5.32 Å². The lowest BCUT2D eigenvalue weighted by atomic mass is 10.1. The third kappa shape index (κ3) is 4.08. The molecule has 3 rings (SSSR count). The molecule has 1 fully saturated rings. The molecule has 26 heavy (non-hydrogen) atoms. The lowest BCUT2D eigenvalue weighted by Gasteiger charge is -2.35. The number of anilines is 1. The number of halogens is 1. The van der Waals surface area contributed by atoms with Crippen LogP contribution in [0.4, 0.5) is 10.1 Å². The average molecular weight is 356 g/mol. The summed E-state index contributed by atoms with van der Waals surface area (Å²) in [6.07, 6.45) is -0.0894. The SMILES string of the molecule is CC1CN(C(=O)c2ccccc2NC(=O)c2cccc(F)c2)CC(C)O1. The maximum absolute atomic E-state index is 13.3. The van der Waals surface area contributed by atoms with E-state index in [0.29, 0.717) is 24.3 Å². The van der Waals surface area contributed by atoms with Gasteiger partial charge in [0.2, 0.25) is 0 Å². The van der Waals surface area contributed by atoms with E-state index >= 15 is 0 Å². The van der Waals surface area contributed by atoms with Crippen molar-refractivity contribution in [3.63, 3.8) is 0 Å². The first-order valence-corrected chi connectivity index (χ1v) is 8.54. The average Bonchev–Trinajstić information content (AvgIpc) is 2.61. The zero-order valence-electron chi connectivity index (χ0n) is 14.7. The fraction of sp³-hybridized carbons (Fsp3) is 0.300. The minimum atomic E-state index is -0.488. The minimum absolute atomic E-state index is 0.0447. The highest BCUT2D eigenvalue weighted by Crippen LogP contribution is 2.21. The van der Waals surface area contributed by atoms with Crippen LogP contribution in [0.25, 0.3) is 0 Å². The van der Waals surface area contributed by atoms with Gasteiger partial charge in [0, 0.05) is 18.7 Å². The first kappa shape index (κ1) is 18.1. The molecule has 136 valence electrons. The molecule has 1 saturated heterocycles. The van der Waals surface area contributed by atoms with E-state index in [4.69, 9.17) is 4.74 Å². The molecule has 1 aliphatic heterocycles. The number of hydrogen-bond acceptors (Lipinski definition) is 3. The molecule has 1 heterocycles. The highest BCUT2D eigenvalue weighted by atomic mass is 19.1. The summed E-state index contributed by atoms with van der Waals surface area (Å²) in [6, 6.07) is 12.2. The number of ether oxygens (including phenoxy) is 1. The van der Waals surface area contributed by atoms with Gasteiger partial charge >= 0.3 is 0 Å². The Morgan fingerprint density at radius 1 is 1.08 bits per heavy atom. The second-order valence-corrected chi connectivity index (χ2v) is 6.48. The van der Waals surface area contributed by atoms with Crippen LogP contribution in [0.1, 0.15) is 34.6 Å². The Morgan fingerprint density at radius 3 is 2.46 bits per heavy atom. The first-order valence-electron chi connectivity index (χ1n) is 8.54. The molecule has 0 radical (unpaired) electrons. The van der Waals surface area contributed by atoms with E-state index in [1.165, 1.54) is 18.2 Å². The fourth-order valence-electron chi connectivity index (χ4n) is 3.12. The van der Waals surface area contributed by atoms with Gasteiger partial charge in [-0.05, 0) is 44.2 Å². The maximum atomic E-state index is 13.3. The Bertz CT molecular complexity index is 814. The number of carbonyl (C=O) groups excluding carboxylic acids is 2. The number of morpholine rings is 1. The minimum Gasteiger partial charge on any atom is -0.372 e. The molecular weight excluding hydrogens is 335 g/mol. The van der Waals surface area contributed by atoms with Crippen LogP contribution < -0.4 is 5.32 Å². The molecule has 2 amide bonds. The molecular formula is C20H21FN2O3. The topological polar surface area (TPSA) is 58.6 Å². The van der Waals surface area contributed by atoms with Crippen LogP contribution in [0.2, 0.25) is 0 Å². The summed E-state index contributed by atoms with van der Waals surface area (Å²) in [6.45, 7) is 4.84. The van der Waals surface area contributed by atoms with Crippen molar-refractivity contribution in [3.05, 3.63) is 65.5 Å². The van der Waals surface area contributed by atoms with E-state index in [9.17, 15) is 14.0 Å². The summed E-state index contributed by atoms with van der Waals surface area (Å²) in [5.41, 5.74) is 0.998. The smallest absolute Gasteiger partial charge is 0.256 e. The van der Waals surface area contributed by atoms with Crippen molar-refractivity contribution in [3.8, 4) is 0 Å². The van der Waals surface area contributed by atoms with Crippen LogP contribution >= 0.6 is 0 Å². The molecule has 5 nitrogen and oxygen atoms in total. The molecule has 0 aliphatic carbocycles. The highest BCUT2D eigenvalue weighted by molar-refractivity contribution is 6.09. The fourth-order valence-corrected chi connectivity index (χ4v) is 3.12. The molecule has 2 aromatic rings. The quantitative estimate of drug-likeness (QED) is 0.918. The van der Waals surface area contributed by atoms with Gasteiger partial charge in [0.05, 0.1) is 23.5 Å². The predicted molar refractivity (Wildman–Crippen MR) is 96.7 cm³/mol. The third-order valence-corrected chi connectivity index (χ3v) is 4.20. The molecule has 0 spiro atoms. The molecule has 2 aromatic carbocycles. The van der Waals surface area contributed by atoms with Crippen LogP contribution in [0.3, 0.4) is 0 Å². The van der Waals surface area contributed by atoms with Gasteiger partial charge in [0.1, 0.15) is 5.82 Å². The number of para-hydroxylation sites is 1. The van der Waals surface area contributed by atoms with Crippen molar-refractivity contribution in [2.24, 2.45) is 0 Å². The van der Waals surface area contributed by atoms with E-state index in [-0.39, 0.29) is 23.7 Å². The van der Waals surface area contributed by atoms with Gasteiger partial charge in [-0.25, -0.2) is 4.39 Å². The number of nitrogens with zero attached hydrogens (tertiary/aromatic N) is 1. The zero-order valence-corrected chi connectivity index (χ0v) is 14.7. The standard InChI is InChI=1S/C20H21FN2O3/c1-13-11-23(12-14(2)26-13)20(25)17-8-3-4-9-18(17)22-19(24)15-6-5-7-16(21)10-15/h3-10,13-14H,11-12H2,1-2H3,(H,22,24). The Balaban J connectivity index is 1.82. The van der Waals surface area contributed by atoms with Gasteiger partial charge in [-0.1, -0.05) is 18.2 Å². The van der Waals surface area contributed by atoms with Crippen molar-refractivity contribution in [1.29, 1.82) is 0 Å². The van der Waals surface area contributed by atoms with E-state index in [1.807, 2.05) is 13.8 Å². The number of hydrogen-bond donors (Lipinski definition) is 1. The molecule has 0 aromatic heterocycles. The summed E-state index contributed by atoms with van der Waals surface area (Å²) in [7, 11) is 0. The molecule has 1 N–H and O–H groups in total. The van der Waals surface area contributed by atoms with Crippen molar-refractivity contribution in [2.75, 3.05) is 18.4 Å². The predicted octanol–water partition coefficient (Wildman–Crippen LogP) is 3.33. The van der Waals surface area contributed by atoms with Crippen molar-refractivity contribution in [2.45, 2.75) is 26.1 Å². The van der Waals surface area contributed by atoms with E-state index < -0.39 is 11.7 Å². The van der Waals surface area contributed by atoms with Gasteiger partial charge in [-0.15, -0.1) is 0 Å². The van der Waals surface area contributed by atoms with Gasteiger partial charge in [-0.2, -0.15) is 0 Å². The molecule has 6 heteroatoms. The summed E-state index contributed by atoms with van der Waals surface area (Å²) >= 11 is 0. The highest BCUT2D eigenvalue weighted by Gasteiger charge is 2.28. The summed E-state index contributed by atoms with van der Waals surface area (Å²) in [5.74, 6) is -1.12. The maximum Gasteiger partial charge on any atom is 0.256 e. The number of carbonyl (C=O) groups is 2. The van der Waals surface area contributed by atoms with Crippen LogP contribution in [0.15, 0.2) is 48.5 Å². The molecule has 0 saturated carbocycles. The van der Waals surface area contributed by atoms with Gasteiger partial charge in [0.25, 0.3) is 11.8 Å². The van der Waals surface area contributed by atoms with Gasteiger partial charge in [-0.3, -0.25) is 9.59 Å². The molecule has 2 atom stereocenters. The number of amides is 2. The van der Waals surface area contributed by atoms with Crippen molar-refractivity contribution in [1.82, 2.24) is 4.90 Å². The van der Waals surface area contributed by atoms with Gasteiger partial charge < -0.3 is 15.0 Å². The Kier molecular flexibility index (Phi) is 5.32. The van der Waals surface area contributed by atoms with Crippen LogP contribution in [-0.2, 0) is 4.74 Å². The Labute approximate surface area is 151 Å². The Morgan fingerprint density at radius 2 is 1.77 bits per heavy atom. The Hall–Kier alpha value is -2.73. The van der Waals surface area contributed by atoms with Crippen molar-refractivity contribution >= 4 is 17.5 Å². The molecule has 0 bridgehead atoms. The largest absolute Gasteiger partial charge is 0.372 e. The summed E-state index contributed by atoms with van der Waals surface area (Å²) < 4.78 is 19.0. The lowest BCUT2D eigenvalue weighted by molar-refractivity contribution is -0.0585. The van der Waals surface area contributed by atoms with Crippen LogP contribution in [0.5, 0.6) is 0 Å². The number of benzene rings is 2. The normalized spacial score (nSPS) is 19.9. The second-order valence-electron chi connectivity index (χ2n) is 6.48. The lowest BCUT2D eigenvalue weighted by Crippen LogP contribution is -2.48. The van der Waals surface area contributed by atoms with Crippen molar-refractivity contribution < 1.29 is 18.7 Å². The summed E-state index contributed by atoms with van der Waals surface area (Å²) in [4.78, 5) is 27.1. The first-order chi connectivity index (χ1) is 12.4. The molecule has 1 aliphatic rings. The third-order valence-electron chi connectivity index (χ3n) is 4.20. The zero-order chi connectivity index (χ0) is 18.7. The summed E-state index contributed by atoms with van der Waals surface area (Å²) in [5, 5.41) is 2.71. The van der Waals surface area contributed by atoms with E-state index in [0.717, 1.165) is 6.07 Å². The van der Waals surface area contributed by atoms with Crippen LogP contribution in [0, 0.1) is 5.82 Å². The molecule has 2 unspecified atom stereocenters. The van der Waals surface area contributed by atoms with Gasteiger partial charge in [0.15, 0.2) is 0 Å².